The number of imidazole rings is 1. The van der Waals surface area contributed by atoms with Crippen molar-refractivity contribution in [2.45, 2.75) is 26.3 Å². The van der Waals surface area contributed by atoms with Crippen molar-refractivity contribution < 1.29 is 22.4 Å². The van der Waals surface area contributed by atoms with E-state index >= 15 is 0 Å². The molecule has 0 saturated heterocycles. The van der Waals surface area contributed by atoms with Crippen LogP contribution in [0, 0.1) is 12.7 Å². The van der Waals surface area contributed by atoms with Gasteiger partial charge in [0.2, 0.25) is 5.91 Å². The van der Waals surface area contributed by atoms with E-state index in [4.69, 9.17) is 4.42 Å². The second kappa shape index (κ2) is 8.76. The lowest BCUT2D eigenvalue weighted by Crippen LogP contribution is -2.11. The number of nitrogens with one attached hydrogen (secondary N) is 1. The highest BCUT2D eigenvalue weighted by atomic mass is 32.1. The third-order valence-corrected chi connectivity index (χ3v) is 5.59. The van der Waals surface area contributed by atoms with Crippen LogP contribution in [-0.4, -0.2) is 20.4 Å². The number of hydrogen-bond donors (Lipinski definition) is 1. The van der Waals surface area contributed by atoms with Gasteiger partial charge in [0, 0.05) is 25.2 Å². The first kappa shape index (κ1) is 20.9. The van der Waals surface area contributed by atoms with Gasteiger partial charge in [-0.15, -0.1) is 0 Å². The van der Waals surface area contributed by atoms with E-state index < -0.39 is 6.55 Å². The molecule has 3 aromatic heterocycles. The summed E-state index contributed by atoms with van der Waals surface area (Å²) in [6.45, 7) is -1.06. The first-order chi connectivity index (χ1) is 14.9. The number of aromatic nitrogens is 3. The number of nitrogens with zero attached hydrogens (tertiary/aromatic N) is 3. The molecule has 0 unspecified atom stereocenters. The molecular formula is C21H17F3N4O2S. The third-order valence-electron chi connectivity index (χ3n) is 4.52. The standard InChI is InChI=1S/C21H17F3N4O2S/c1-12-18(19-25-10-11-28(19)20(23)24)31-21(26-12)27-17(29)9-7-13-6-8-16(30-13)14-4-2-3-5-15(14)22/h2-6,8,10-11,20H,7,9H2,1H3,(H,26,27,29). The van der Waals surface area contributed by atoms with E-state index in [2.05, 4.69) is 15.3 Å². The third kappa shape index (κ3) is 4.53. The second-order valence-electron chi connectivity index (χ2n) is 6.66. The molecule has 10 heteroatoms. The second-order valence-corrected chi connectivity index (χ2v) is 7.66. The maximum absolute atomic E-state index is 13.9. The van der Waals surface area contributed by atoms with E-state index in [9.17, 15) is 18.0 Å². The van der Waals surface area contributed by atoms with Gasteiger partial charge in [0.25, 0.3) is 0 Å². The Morgan fingerprint density at radius 2 is 2.06 bits per heavy atom. The lowest BCUT2D eigenvalue weighted by atomic mass is 10.1. The quantitative estimate of drug-likeness (QED) is 0.396. The molecule has 0 bridgehead atoms. The number of aryl methyl sites for hydroxylation is 2. The van der Waals surface area contributed by atoms with Crippen molar-refractivity contribution in [3.8, 4) is 22.0 Å². The van der Waals surface area contributed by atoms with Gasteiger partial charge in [-0.25, -0.2) is 14.4 Å². The van der Waals surface area contributed by atoms with Crippen molar-refractivity contribution in [3.63, 3.8) is 0 Å². The number of carbonyl (C=O) groups is 1. The maximum Gasteiger partial charge on any atom is 0.320 e. The topological polar surface area (TPSA) is 73.0 Å². The number of benzene rings is 1. The van der Waals surface area contributed by atoms with Crippen molar-refractivity contribution >= 4 is 22.4 Å². The molecule has 1 amide bonds. The van der Waals surface area contributed by atoms with Gasteiger partial charge in [0.15, 0.2) is 11.0 Å². The molecular weight excluding hydrogens is 429 g/mol. The van der Waals surface area contributed by atoms with Gasteiger partial charge in [-0.2, -0.15) is 8.78 Å². The lowest BCUT2D eigenvalue weighted by Gasteiger charge is -2.04. The molecule has 0 saturated carbocycles. The molecule has 0 spiro atoms. The zero-order chi connectivity index (χ0) is 22.0. The van der Waals surface area contributed by atoms with Crippen molar-refractivity contribution in [3.05, 3.63) is 66.1 Å². The number of amides is 1. The summed E-state index contributed by atoms with van der Waals surface area (Å²) < 4.78 is 46.5. The Bertz CT molecular complexity index is 1210. The van der Waals surface area contributed by atoms with Crippen molar-refractivity contribution in [2.75, 3.05) is 5.32 Å². The van der Waals surface area contributed by atoms with Gasteiger partial charge >= 0.3 is 6.55 Å². The smallest absolute Gasteiger partial charge is 0.320 e. The minimum atomic E-state index is -2.72. The minimum absolute atomic E-state index is 0.0989. The van der Waals surface area contributed by atoms with Crippen LogP contribution >= 0.6 is 11.3 Å². The first-order valence-electron chi connectivity index (χ1n) is 9.34. The molecule has 0 fully saturated rings. The Hall–Kier alpha value is -3.40. The molecule has 0 aliphatic rings. The van der Waals surface area contributed by atoms with Crippen LogP contribution in [0.3, 0.4) is 0 Å². The van der Waals surface area contributed by atoms with Gasteiger partial charge in [-0.05, 0) is 31.2 Å². The van der Waals surface area contributed by atoms with E-state index in [0.29, 0.717) is 39.2 Å². The van der Waals surface area contributed by atoms with E-state index in [0.717, 1.165) is 15.9 Å². The Morgan fingerprint density at radius 1 is 1.26 bits per heavy atom. The molecule has 3 heterocycles. The average molecular weight is 446 g/mol. The highest BCUT2D eigenvalue weighted by Gasteiger charge is 2.19. The molecule has 0 aliphatic heterocycles. The molecule has 0 atom stereocenters. The fourth-order valence-corrected chi connectivity index (χ4v) is 4.02. The van der Waals surface area contributed by atoms with Crippen LogP contribution in [0.1, 0.15) is 24.4 Å². The monoisotopic (exact) mass is 446 g/mol. The van der Waals surface area contributed by atoms with E-state index in [-0.39, 0.29) is 24.0 Å². The largest absolute Gasteiger partial charge is 0.461 e. The summed E-state index contributed by atoms with van der Waals surface area (Å²) in [6, 6.07) is 9.64. The van der Waals surface area contributed by atoms with Gasteiger partial charge in [0.05, 0.1) is 16.1 Å². The average Bonchev–Trinajstić information content (AvgIpc) is 3.46. The summed E-state index contributed by atoms with van der Waals surface area (Å²) in [5.41, 5.74) is 0.847. The van der Waals surface area contributed by atoms with Gasteiger partial charge in [0.1, 0.15) is 17.3 Å². The zero-order valence-electron chi connectivity index (χ0n) is 16.3. The fourth-order valence-electron chi connectivity index (χ4n) is 3.04. The summed E-state index contributed by atoms with van der Waals surface area (Å²) in [4.78, 5) is 21.0. The highest BCUT2D eigenvalue weighted by molar-refractivity contribution is 7.19. The molecule has 160 valence electrons. The summed E-state index contributed by atoms with van der Waals surface area (Å²) in [5.74, 6) is 0.346. The number of halogens is 3. The summed E-state index contributed by atoms with van der Waals surface area (Å²) in [7, 11) is 0. The molecule has 1 aromatic carbocycles. The predicted molar refractivity (Wildman–Crippen MR) is 110 cm³/mol. The van der Waals surface area contributed by atoms with Crippen LogP contribution in [-0.2, 0) is 11.2 Å². The lowest BCUT2D eigenvalue weighted by molar-refractivity contribution is -0.116. The van der Waals surface area contributed by atoms with Gasteiger partial charge < -0.3 is 9.73 Å². The Balaban J connectivity index is 1.39. The fraction of sp³-hybridized carbons (Fsp3) is 0.190. The number of furan rings is 1. The first-order valence-corrected chi connectivity index (χ1v) is 10.2. The number of anilines is 1. The van der Waals surface area contributed by atoms with Crippen LogP contribution in [0.4, 0.5) is 18.3 Å². The van der Waals surface area contributed by atoms with Crippen molar-refractivity contribution in [1.82, 2.24) is 14.5 Å². The van der Waals surface area contributed by atoms with E-state index in [1.807, 2.05) is 0 Å². The number of alkyl halides is 2. The maximum atomic E-state index is 13.9. The highest BCUT2D eigenvalue weighted by Crippen LogP contribution is 2.33. The number of rotatable bonds is 7. The number of carbonyl (C=O) groups excluding carboxylic acids is 1. The zero-order valence-corrected chi connectivity index (χ0v) is 17.1. The van der Waals surface area contributed by atoms with Crippen molar-refractivity contribution in [2.24, 2.45) is 0 Å². The SMILES string of the molecule is Cc1nc(NC(=O)CCc2ccc(-c3ccccc3F)o2)sc1-c1nccn1C(F)F. The van der Waals surface area contributed by atoms with E-state index in [1.54, 1.807) is 37.3 Å². The van der Waals surface area contributed by atoms with Gasteiger partial charge in [-0.1, -0.05) is 23.5 Å². The summed E-state index contributed by atoms with van der Waals surface area (Å²) >= 11 is 1.08. The Kier molecular flexibility index (Phi) is 5.90. The van der Waals surface area contributed by atoms with Crippen LogP contribution in [0.25, 0.3) is 22.0 Å². The molecule has 6 nitrogen and oxygen atoms in total. The summed E-state index contributed by atoms with van der Waals surface area (Å²) in [5, 5.41) is 2.97. The number of thiazole rings is 1. The molecule has 4 aromatic rings. The molecule has 4 rings (SSSR count). The van der Waals surface area contributed by atoms with Gasteiger partial charge in [-0.3, -0.25) is 9.36 Å². The summed E-state index contributed by atoms with van der Waals surface area (Å²) in [6.07, 6.45) is 2.91. The predicted octanol–water partition coefficient (Wildman–Crippen LogP) is 5.68. The molecule has 0 radical (unpaired) electrons. The van der Waals surface area contributed by atoms with Crippen LogP contribution in [0.15, 0.2) is 53.2 Å². The van der Waals surface area contributed by atoms with Crippen molar-refractivity contribution in [1.29, 1.82) is 0 Å². The normalized spacial score (nSPS) is 11.3. The van der Waals surface area contributed by atoms with Crippen LogP contribution in [0.5, 0.6) is 0 Å². The van der Waals surface area contributed by atoms with Crippen LogP contribution in [0.2, 0.25) is 0 Å². The molecule has 31 heavy (non-hydrogen) atoms. The molecule has 0 aliphatic carbocycles. The molecule has 1 N–H and O–H groups in total. The number of hydrogen-bond acceptors (Lipinski definition) is 5. The minimum Gasteiger partial charge on any atom is -0.461 e. The van der Waals surface area contributed by atoms with Crippen LogP contribution < -0.4 is 5.32 Å². The van der Waals surface area contributed by atoms with E-state index in [1.165, 1.54) is 18.5 Å². The Morgan fingerprint density at radius 3 is 2.84 bits per heavy atom. The Labute approximate surface area is 179 Å².